The zero-order valence-electron chi connectivity index (χ0n) is 10.8. The van der Waals surface area contributed by atoms with Crippen LogP contribution in [0.15, 0.2) is 18.2 Å². The standard InChI is InChI=1S/C13H18ClNO3/c1-4-15(8-13(2,3)18)11-6-5-9(14)7-10(11)12(16)17/h5-7,18H,4,8H2,1-3H3,(H,16,17). The molecule has 18 heavy (non-hydrogen) atoms. The largest absolute Gasteiger partial charge is 0.478 e. The Morgan fingerprint density at radius 3 is 2.50 bits per heavy atom. The second-order valence-electron chi connectivity index (χ2n) is 4.79. The van der Waals surface area contributed by atoms with Crippen LogP contribution in [-0.4, -0.2) is 34.9 Å². The van der Waals surface area contributed by atoms with Crippen molar-refractivity contribution in [1.29, 1.82) is 0 Å². The highest BCUT2D eigenvalue weighted by molar-refractivity contribution is 6.31. The highest BCUT2D eigenvalue weighted by Crippen LogP contribution is 2.25. The average molecular weight is 272 g/mol. The van der Waals surface area contributed by atoms with E-state index >= 15 is 0 Å². The van der Waals surface area contributed by atoms with Crippen LogP contribution in [0, 0.1) is 0 Å². The smallest absolute Gasteiger partial charge is 0.337 e. The Bertz CT molecular complexity index is 440. The first kappa shape index (κ1) is 14.8. The maximum Gasteiger partial charge on any atom is 0.337 e. The number of carboxylic acids is 1. The maximum atomic E-state index is 11.2. The first-order valence-corrected chi connectivity index (χ1v) is 6.12. The Labute approximate surface area is 112 Å². The Kier molecular flexibility index (Phi) is 4.59. The quantitative estimate of drug-likeness (QED) is 0.864. The van der Waals surface area contributed by atoms with E-state index in [1.165, 1.54) is 6.07 Å². The van der Waals surface area contributed by atoms with Gasteiger partial charge in [0, 0.05) is 18.1 Å². The zero-order chi connectivity index (χ0) is 13.9. The summed E-state index contributed by atoms with van der Waals surface area (Å²) in [4.78, 5) is 13.0. The molecular formula is C13H18ClNO3. The monoisotopic (exact) mass is 271 g/mol. The van der Waals surface area contributed by atoms with E-state index in [4.69, 9.17) is 11.6 Å². The van der Waals surface area contributed by atoms with Crippen LogP contribution in [0.4, 0.5) is 5.69 Å². The van der Waals surface area contributed by atoms with Crippen molar-refractivity contribution in [2.24, 2.45) is 0 Å². The van der Waals surface area contributed by atoms with Crippen LogP contribution in [0.25, 0.3) is 0 Å². The Hall–Kier alpha value is -1.26. The number of aliphatic hydroxyl groups is 1. The Morgan fingerprint density at radius 1 is 1.44 bits per heavy atom. The number of rotatable bonds is 5. The van der Waals surface area contributed by atoms with Crippen molar-refractivity contribution in [2.75, 3.05) is 18.0 Å². The van der Waals surface area contributed by atoms with Crippen molar-refractivity contribution < 1.29 is 15.0 Å². The molecule has 0 heterocycles. The highest BCUT2D eigenvalue weighted by Gasteiger charge is 2.21. The normalized spacial score (nSPS) is 11.4. The van der Waals surface area contributed by atoms with E-state index in [-0.39, 0.29) is 5.56 Å². The fourth-order valence-electron chi connectivity index (χ4n) is 1.79. The summed E-state index contributed by atoms with van der Waals surface area (Å²) in [5, 5.41) is 19.4. The SMILES string of the molecule is CCN(CC(C)(C)O)c1ccc(Cl)cc1C(=O)O. The van der Waals surface area contributed by atoms with E-state index in [1.54, 1.807) is 26.0 Å². The molecule has 2 N–H and O–H groups in total. The summed E-state index contributed by atoms with van der Waals surface area (Å²) in [6.07, 6.45) is 0. The molecule has 0 atom stereocenters. The summed E-state index contributed by atoms with van der Waals surface area (Å²) in [7, 11) is 0. The Morgan fingerprint density at radius 2 is 2.06 bits per heavy atom. The van der Waals surface area contributed by atoms with Crippen LogP contribution >= 0.6 is 11.6 Å². The third-order valence-corrected chi connectivity index (χ3v) is 2.72. The summed E-state index contributed by atoms with van der Waals surface area (Å²) < 4.78 is 0. The van der Waals surface area contributed by atoms with Crippen LogP contribution in [0.1, 0.15) is 31.1 Å². The van der Waals surface area contributed by atoms with Crippen LogP contribution in [0.3, 0.4) is 0 Å². The van der Waals surface area contributed by atoms with Crippen molar-refractivity contribution in [1.82, 2.24) is 0 Å². The number of hydrogen-bond acceptors (Lipinski definition) is 3. The minimum absolute atomic E-state index is 0.147. The third-order valence-electron chi connectivity index (χ3n) is 2.49. The average Bonchev–Trinajstić information content (AvgIpc) is 2.24. The molecule has 1 aromatic rings. The maximum absolute atomic E-state index is 11.2. The second kappa shape index (κ2) is 5.59. The number of aromatic carboxylic acids is 1. The molecule has 0 radical (unpaired) electrons. The minimum atomic E-state index is -1.03. The van der Waals surface area contributed by atoms with Gasteiger partial charge in [0.2, 0.25) is 0 Å². The second-order valence-corrected chi connectivity index (χ2v) is 5.23. The van der Waals surface area contributed by atoms with Crippen molar-refractivity contribution in [3.8, 4) is 0 Å². The molecule has 0 aliphatic heterocycles. The van der Waals surface area contributed by atoms with Gasteiger partial charge < -0.3 is 15.1 Å². The van der Waals surface area contributed by atoms with Crippen molar-refractivity contribution in [3.63, 3.8) is 0 Å². The van der Waals surface area contributed by atoms with E-state index in [1.807, 2.05) is 11.8 Å². The number of hydrogen-bond donors (Lipinski definition) is 2. The Balaban J connectivity index is 3.17. The van der Waals surface area contributed by atoms with Gasteiger partial charge in [-0.15, -0.1) is 0 Å². The van der Waals surface area contributed by atoms with Gasteiger partial charge in [0.1, 0.15) is 0 Å². The summed E-state index contributed by atoms with van der Waals surface area (Å²) in [6.45, 7) is 6.24. The molecule has 4 nitrogen and oxygen atoms in total. The number of nitrogens with zero attached hydrogens (tertiary/aromatic N) is 1. The molecule has 0 saturated carbocycles. The molecular weight excluding hydrogens is 254 g/mol. The van der Waals surface area contributed by atoms with Gasteiger partial charge in [-0.25, -0.2) is 4.79 Å². The number of benzene rings is 1. The molecule has 0 amide bonds. The number of carbonyl (C=O) groups is 1. The van der Waals surface area contributed by atoms with E-state index in [0.29, 0.717) is 23.8 Å². The number of carboxylic acid groups (broad SMARTS) is 1. The summed E-state index contributed by atoms with van der Waals surface area (Å²) in [6, 6.07) is 4.74. The summed E-state index contributed by atoms with van der Waals surface area (Å²) >= 11 is 5.81. The van der Waals surface area contributed by atoms with Gasteiger partial charge >= 0.3 is 5.97 Å². The molecule has 1 aromatic carbocycles. The highest BCUT2D eigenvalue weighted by atomic mass is 35.5. The first-order valence-electron chi connectivity index (χ1n) is 5.75. The van der Waals surface area contributed by atoms with Gasteiger partial charge in [0.05, 0.1) is 16.9 Å². The van der Waals surface area contributed by atoms with E-state index in [2.05, 4.69) is 0 Å². The molecule has 0 fully saturated rings. The number of halogens is 1. The third kappa shape index (κ3) is 3.89. The molecule has 0 aliphatic rings. The molecule has 0 unspecified atom stereocenters. The predicted molar refractivity (Wildman–Crippen MR) is 72.6 cm³/mol. The van der Waals surface area contributed by atoms with Crippen LogP contribution in [-0.2, 0) is 0 Å². The summed E-state index contributed by atoms with van der Waals surface area (Å²) in [5.41, 5.74) is -0.184. The first-order chi connectivity index (χ1) is 8.24. The molecule has 0 saturated heterocycles. The van der Waals surface area contributed by atoms with Gasteiger partial charge in [-0.2, -0.15) is 0 Å². The van der Waals surface area contributed by atoms with Crippen molar-refractivity contribution in [2.45, 2.75) is 26.4 Å². The van der Waals surface area contributed by atoms with Crippen molar-refractivity contribution in [3.05, 3.63) is 28.8 Å². The van der Waals surface area contributed by atoms with E-state index < -0.39 is 11.6 Å². The van der Waals surface area contributed by atoms with Gasteiger partial charge in [0.25, 0.3) is 0 Å². The fourth-order valence-corrected chi connectivity index (χ4v) is 1.96. The predicted octanol–water partition coefficient (Wildman–Crippen LogP) is 2.64. The lowest BCUT2D eigenvalue weighted by Gasteiger charge is -2.30. The number of likely N-dealkylation sites (N-methyl/N-ethyl adjacent to an activating group) is 1. The molecule has 1 rings (SSSR count). The summed E-state index contributed by atoms with van der Waals surface area (Å²) in [5.74, 6) is -1.03. The van der Waals surface area contributed by atoms with E-state index in [0.717, 1.165) is 0 Å². The minimum Gasteiger partial charge on any atom is -0.478 e. The molecule has 0 aromatic heterocycles. The van der Waals surface area contributed by atoms with Gasteiger partial charge in [0.15, 0.2) is 0 Å². The van der Waals surface area contributed by atoms with Crippen LogP contribution in [0.5, 0.6) is 0 Å². The zero-order valence-corrected chi connectivity index (χ0v) is 11.5. The van der Waals surface area contributed by atoms with Gasteiger partial charge in [-0.3, -0.25) is 0 Å². The molecule has 0 aliphatic carbocycles. The van der Waals surface area contributed by atoms with Gasteiger partial charge in [-0.1, -0.05) is 11.6 Å². The van der Waals surface area contributed by atoms with Crippen LogP contribution in [0.2, 0.25) is 5.02 Å². The van der Waals surface area contributed by atoms with Crippen LogP contribution < -0.4 is 4.90 Å². The van der Waals surface area contributed by atoms with Gasteiger partial charge in [-0.05, 0) is 39.0 Å². The fraction of sp³-hybridized carbons (Fsp3) is 0.462. The molecule has 0 spiro atoms. The van der Waals surface area contributed by atoms with E-state index in [9.17, 15) is 15.0 Å². The van der Waals surface area contributed by atoms with Crippen molar-refractivity contribution >= 4 is 23.3 Å². The molecule has 0 bridgehead atoms. The molecule has 5 heteroatoms. The molecule has 100 valence electrons. The topological polar surface area (TPSA) is 60.8 Å². The lowest BCUT2D eigenvalue weighted by molar-refractivity contribution is 0.0694. The lowest BCUT2D eigenvalue weighted by Crippen LogP contribution is -2.39. The lowest BCUT2D eigenvalue weighted by atomic mass is 10.1. The number of anilines is 1.